The Balaban J connectivity index is 1.42. The number of ether oxygens (including phenoxy) is 3. The first kappa shape index (κ1) is 27.4. The lowest BCUT2D eigenvalue weighted by molar-refractivity contribution is -0.153. The maximum absolute atomic E-state index is 12.1. The molecule has 2 saturated heterocycles. The Morgan fingerprint density at radius 2 is 1.76 bits per heavy atom. The fourth-order valence-electron chi connectivity index (χ4n) is 6.16. The number of rotatable bonds is 10. The van der Waals surface area contributed by atoms with Gasteiger partial charge in [0.25, 0.3) is 0 Å². The van der Waals surface area contributed by atoms with E-state index in [-0.39, 0.29) is 37.1 Å². The van der Waals surface area contributed by atoms with Gasteiger partial charge in [-0.1, -0.05) is 49.5 Å². The number of benzene rings is 2. The van der Waals surface area contributed by atoms with E-state index in [2.05, 4.69) is 32.2 Å². The van der Waals surface area contributed by atoms with Crippen molar-refractivity contribution in [3.8, 4) is 5.75 Å². The molecule has 2 aromatic carbocycles. The summed E-state index contributed by atoms with van der Waals surface area (Å²) in [4.78, 5) is 24.9. The maximum Gasteiger partial charge on any atom is 0.304 e. The molecule has 1 unspecified atom stereocenters. The highest BCUT2D eigenvalue weighted by molar-refractivity contribution is 6.91. The molecule has 2 aromatic rings. The second kappa shape index (κ2) is 11.4. The predicted octanol–water partition coefficient (Wildman–Crippen LogP) is 4.03. The summed E-state index contributed by atoms with van der Waals surface area (Å²) in [7, 11) is -0.219. The fraction of sp³-hybridized carbons (Fsp3) is 0.517. The van der Waals surface area contributed by atoms with E-state index in [0.717, 1.165) is 24.3 Å². The second-order valence-electron chi connectivity index (χ2n) is 10.8. The average Bonchev–Trinajstić information content (AvgIpc) is 3.18. The van der Waals surface area contributed by atoms with Crippen LogP contribution in [0.5, 0.6) is 5.75 Å². The molecular weight excluding hydrogens is 486 g/mol. The Labute approximate surface area is 220 Å². The SMILES string of the molecule is COc1ccc([Si](C)(C)[C@H]2[C@H](C)[C@H](CCc3ccc(N4C(=O)CC4OC(C)=O)cc3)O[C@@H]2CCO)cc1. The highest BCUT2D eigenvalue weighted by Gasteiger charge is 2.50. The molecule has 37 heavy (non-hydrogen) atoms. The Kier molecular flexibility index (Phi) is 8.41. The molecule has 2 heterocycles. The monoisotopic (exact) mass is 525 g/mol. The molecule has 2 fully saturated rings. The number of methoxy groups -OCH3 is 1. The maximum atomic E-state index is 12.1. The number of carbonyl (C=O) groups is 2. The van der Waals surface area contributed by atoms with E-state index in [1.165, 1.54) is 22.6 Å². The van der Waals surface area contributed by atoms with Crippen LogP contribution in [0.2, 0.25) is 18.6 Å². The molecule has 0 radical (unpaired) electrons. The van der Waals surface area contributed by atoms with Gasteiger partial charge in [0, 0.05) is 19.2 Å². The molecule has 0 saturated carbocycles. The van der Waals surface area contributed by atoms with Gasteiger partial charge in [-0.15, -0.1) is 0 Å². The van der Waals surface area contributed by atoms with Crippen LogP contribution in [0.4, 0.5) is 5.69 Å². The Morgan fingerprint density at radius 3 is 2.32 bits per heavy atom. The van der Waals surface area contributed by atoms with Gasteiger partial charge < -0.3 is 19.3 Å². The summed E-state index contributed by atoms with van der Waals surface area (Å²) in [6.07, 6.45) is 2.29. The van der Waals surface area contributed by atoms with Crippen molar-refractivity contribution >= 4 is 30.8 Å². The van der Waals surface area contributed by atoms with Crippen LogP contribution in [0, 0.1) is 5.92 Å². The lowest BCUT2D eigenvalue weighted by Gasteiger charge is -2.39. The number of nitrogens with zero attached hydrogens (tertiary/aromatic N) is 1. The largest absolute Gasteiger partial charge is 0.497 e. The molecule has 4 rings (SSSR count). The molecule has 0 aliphatic carbocycles. The number of hydrogen-bond acceptors (Lipinski definition) is 6. The Morgan fingerprint density at radius 1 is 1.08 bits per heavy atom. The molecule has 2 aliphatic heterocycles. The number of β-lactam (4-membered cyclic amide) rings is 1. The molecule has 0 bridgehead atoms. The molecule has 0 spiro atoms. The summed E-state index contributed by atoms with van der Waals surface area (Å²) in [6.45, 7) is 8.60. The average molecular weight is 526 g/mol. The summed E-state index contributed by atoms with van der Waals surface area (Å²) in [5.41, 5.74) is 2.31. The van der Waals surface area contributed by atoms with Crippen molar-refractivity contribution in [2.75, 3.05) is 18.6 Å². The lowest BCUT2D eigenvalue weighted by atomic mass is 9.95. The highest BCUT2D eigenvalue weighted by atomic mass is 28.3. The Bertz CT molecular complexity index is 1090. The van der Waals surface area contributed by atoms with Crippen LogP contribution in [0.15, 0.2) is 48.5 Å². The Hall–Kier alpha value is -2.68. The van der Waals surface area contributed by atoms with E-state index in [1.807, 2.05) is 36.4 Å². The number of esters is 1. The minimum atomic E-state index is -1.90. The number of aliphatic hydroxyl groups is 1. The van der Waals surface area contributed by atoms with Crippen molar-refractivity contribution in [3.63, 3.8) is 0 Å². The summed E-state index contributed by atoms with van der Waals surface area (Å²) in [6, 6.07) is 16.4. The van der Waals surface area contributed by atoms with Gasteiger partial charge in [-0.05, 0) is 60.6 Å². The predicted molar refractivity (Wildman–Crippen MR) is 146 cm³/mol. The first-order valence-electron chi connectivity index (χ1n) is 13.1. The van der Waals surface area contributed by atoms with Gasteiger partial charge in [0.15, 0.2) is 6.23 Å². The normalized spacial score (nSPS) is 25.6. The van der Waals surface area contributed by atoms with Crippen LogP contribution in [0.1, 0.15) is 38.7 Å². The molecule has 2 aliphatic rings. The van der Waals surface area contributed by atoms with Crippen molar-refractivity contribution in [1.82, 2.24) is 0 Å². The lowest BCUT2D eigenvalue weighted by Crippen LogP contribution is -2.54. The number of amides is 1. The zero-order valence-electron chi connectivity index (χ0n) is 22.5. The van der Waals surface area contributed by atoms with Gasteiger partial charge in [0.05, 0.1) is 33.8 Å². The fourth-order valence-corrected chi connectivity index (χ4v) is 10.3. The van der Waals surface area contributed by atoms with E-state index >= 15 is 0 Å². The van der Waals surface area contributed by atoms with Gasteiger partial charge in [-0.25, -0.2) is 0 Å². The van der Waals surface area contributed by atoms with Crippen LogP contribution >= 0.6 is 0 Å². The van der Waals surface area contributed by atoms with Crippen molar-refractivity contribution in [2.45, 2.75) is 76.6 Å². The minimum Gasteiger partial charge on any atom is -0.497 e. The van der Waals surface area contributed by atoms with E-state index in [0.29, 0.717) is 17.9 Å². The van der Waals surface area contributed by atoms with Crippen LogP contribution in [-0.4, -0.2) is 57.2 Å². The molecule has 8 heteroatoms. The first-order chi connectivity index (χ1) is 17.6. The van der Waals surface area contributed by atoms with E-state index in [4.69, 9.17) is 14.2 Å². The van der Waals surface area contributed by atoms with Crippen molar-refractivity contribution in [2.24, 2.45) is 5.92 Å². The quantitative estimate of drug-likeness (QED) is 0.287. The molecule has 5 atom stereocenters. The standard InChI is InChI=1S/C29H39NO6Si/c1-19-25(15-8-21-6-9-22(10-7-21)30-27(33)18-28(30)35-20(2)32)36-26(16-17-31)29(19)37(4,5)24-13-11-23(34-3)12-14-24/h6-7,9-14,19,25-26,28-29,31H,8,15-18H2,1-5H3/t19-,25+,26-,28?,29+/m1/s1. The van der Waals surface area contributed by atoms with Crippen LogP contribution in [0.3, 0.4) is 0 Å². The van der Waals surface area contributed by atoms with E-state index in [9.17, 15) is 14.7 Å². The van der Waals surface area contributed by atoms with Crippen molar-refractivity contribution in [3.05, 3.63) is 54.1 Å². The number of hydrogen-bond donors (Lipinski definition) is 1. The summed E-state index contributed by atoms with van der Waals surface area (Å²) in [5.74, 6) is 0.806. The third-order valence-electron chi connectivity index (χ3n) is 8.12. The smallest absolute Gasteiger partial charge is 0.304 e. The number of anilines is 1. The third kappa shape index (κ3) is 5.76. The molecule has 7 nitrogen and oxygen atoms in total. The zero-order valence-corrected chi connectivity index (χ0v) is 23.5. The molecule has 1 amide bonds. The number of carbonyl (C=O) groups excluding carboxylic acids is 2. The van der Waals surface area contributed by atoms with Gasteiger partial charge in [0.2, 0.25) is 5.91 Å². The van der Waals surface area contributed by atoms with Gasteiger partial charge in [-0.2, -0.15) is 0 Å². The van der Waals surface area contributed by atoms with E-state index < -0.39 is 14.3 Å². The zero-order chi connectivity index (χ0) is 26.7. The van der Waals surface area contributed by atoms with Crippen LogP contribution < -0.4 is 14.8 Å². The molecule has 200 valence electrons. The van der Waals surface area contributed by atoms with Crippen LogP contribution in [0.25, 0.3) is 0 Å². The second-order valence-corrected chi connectivity index (χ2v) is 15.5. The summed E-state index contributed by atoms with van der Waals surface area (Å²) >= 11 is 0. The molecular formula is C29H39NO6Si. The van der Waals surface area contributed by atoms with Gasteiger partial charge >= 0.3 is 5.97 Å². The van der Waals surface area contributed by atoms with Gasteiger partial charge in [-0.3, -0.25) is 14.5 Å². The minimum absolute atomic E-state index is 0.0446. The highest BCUT2D eigenvalue weighted by Crippen LogP contribution is 2.46. The van der Waals surface area contributed by atoms with Crippen LogP contribution in [-0.2, 0) is 25.5 Å². The number of aliphatic hydroxyl groups excluding tert-OH is 1. The van der Waals surface area contributed by atoms with Crippen molar-refractivity contribution in [1.29, 1.82) is 0 Å². The summed E-state index contributed by atoms with van der Waals surface area (Å²) in [5, 5.41) is 11.1. The van der Waals surface area contributed by atoms with Gasteiger partial charge in [0.1, 0.15) is 5.75 Å². The third-order valence-corrected chi connectivity index (χ3v) is 12.5. The first-order valence-corrected chi connectivity index (χ1v) is 16.2. The van der Waals surface area contributed by atoms with Crippen molar-refractivity contribution < 1.29 is 28.9 Å². The van der Waals surface area contributed by atoms with E-state index in [1.54, 1.807) is 7.11 Å². The molecule has 0 aromatic heterocycles. The number of aryl methyl sites for hydroxylation is 1. The topological polar surface area (TPSA) is 85.3 Å². The molecule has 1 N–H and O–H groups in total. The summed E-state index contributed by atoms with van der Waals surface area (Å²) < 4.78 is 17.2.